The van der Waals surface area contributed by atoms with Gasteiger partial charge in [-0.25, -0.2) is 9.59 Å². The lowest BCUT2D eigenvalue weighted by atomic mass is 9.74. The molecule has 0 aromatic heterocycles. The van der Waals surface area contributed by atoms with Gasteiger partial charge in [-0.15, -0.1) is 0 Å². The summed E-state index contributed by atoms with van der Waals surface area (Å²) < 4.78 is 12.0. The van der Waals surface area contributed by atoms with Crippen LogP contribution in [0.3, 0.4) is 0 Å². The molecule has 1 saturated carbocycles. The first kappa shape index (κ1) is 29.2. The highest BCUT2D eigenvalue weighted by molar-refractivity contribution is 5.69. The number of nitrogens with zero attached hydrogens (tertiary/aromatic N) is 3. The van der Waals surface area contributed by atoms with Crippen LogP contribution in [0.25, 0.3) is 0 Å². The summed E-state index contributed by atoms with van der Waals surface area (Å²) in [5, 5.41) is 0. The fourth-order valence-electron chi connectivity index (χ4n) is 7.70. The molecule has 0 bridgehead atoms. The fraction of sp³-hybridized carbons (Fsp3) is 0.758. The van der Waals surface area contributed by atoms with E-state index in [9.17, 15) is 9.59 Å². The minimum atomic E-state index is -0.315. The van der Waals surface area contributed by atoms with Gasteiger partial charge in [0, 0.05) is 63.6 Å². The number of hydrogen-bond donors (Lipinski definition) is 0. The van der Waals surface area contributed by atoms with Gasteiger partial charge in [0.15, 0.2) is 0 Å². The number of ether oxygens (including phenoxy) is 2. The summed E-state index contributed by atoms with van der Waals surface area (Å²) in [5.41, 5.74) is 0.754. The molecule has 222 valence electrons. The molecule has 4 aliphatic rings. The van der Waals surface area contributed by atoms with Gasteiger partial charge in [0.25, 0.3) is 0 Å². The predicted molar refractivity (Wildman–Crippen MR) is 157 cm³/mol. The van der Waals surface area contributed by atoms with Crippen LogP contribution in [0.2, 0.25) is 0 Å². The van der Waals surface area contributed by atoms with E-state index in [0.717, 1.165) is 76.9 Å². The standard InChI is InChI=1S/C33H51N3O4/c1-3-4-15-29-25-35(24-27-11-7-5-8-12-27)31(38)40-33(29)18-22-36(23-19-33)32(2)16-20-34(21-17-32)30(37)39-26-28-13-9-6-10-14-28/h6,9-10,13-14,27,29H,3-5,7-8,11-12,15-26H2,1-2H3/t29-/m1/s1. The molecule has 1 aliphatic carbocycles. The number of carbonyl (C=O) groups is 2. The van der Waals surface area contributed by atoms with Gasteiger partial charge in [-0.3, -0.25) is 4.90 Å². The SMILES string of the molecule is CCCC[C@@H]1CN(CC2CCCCC2)C(=O)OC12CCN(C1(C)CCN(C(=O)OCc3ccccc3)CC1)CC2. The number of unbranched alkanes of at least 4 members (excludes halogenated alkanes) is 1. The Morgan fingerprint density at radius 1 is 1.00 bits per heavy atom. The lowest BCUT2D eigenvalue weighted by Gasteiger charge is -2.55. The molecule has 0 radical (unpaired) electrons. The Morgan fingerprint density at radius 2 is 1.70 bits per heavy atom. The maximum Gasteiger partial charge on any atom is 0.410 e. The average molecular weight is 554 g/mol. The summed E-state index contributed by atoms with van der Waals surface area (Å²) in [5.74, 6) is 1.07. The summed E-state index contributed by atoms with van der Waals surface area (Å²) in [4.78, 5) is 32.5. The molecular weight excluding hydrogens is 502 g/mol. The van der Waals surface area contributed by atoms with Crippen molar-refractivity contribution in [2.24, 2.45) is 11.8 Å². The van der Waals surface area contributed by atoms with E-state index in [1.54, 1.807) is 0 Å². The van der Waals surface area contributed by atoms with Crippen LogP contribution in [0.5, 0.6) is 0 Å². The summed E-state index contributed by atoms with van der Waals surface area (Å²) in [6, 6.07) is 9.86. The molecular formula is C33H51N3O4. The Bertz CT molecular complexity index is 963. The zero-order chi connectivity index (χ0) is 28.0. The van der Waals surface area contributed by atoms with Crippen molar-refractivity contribution < 1.29 is 19.1 Å². The highest BCUT2D eigenvalue weighted by Crippen LogP contribution is 2.43. The minimum absolute atomic E-state index is 0.0580. The van der Waals surface area contributed by atoms with E-state index in [4.69, 9.17) is 9.47 Å². The molecule has 1 aromatic rings. The number of hydrogen-bond acceptors (Lipinski definition) is 5. The van der Waals surface area contributed by atoms with Gasteiger partial charge in [-0.05, 0) is 50.5 Å². The van der Waals surface area contributed by atoms with Crippen molar-refractivity contribution in [2.45, 2.75) is 109 Å². The fourth-order valence-corrected chi connectivity index (χ4v) is 7.70. The molecule has 1 aromatic carbocycles. The van der Waals surface area contributed by atoms with Gasteiger partial charge >= 0.3 is 12.2 Å². The monoisotopic (exact) mass is 553 g/mol. The number of piperidine rings is 2. The van der Waals surface area contributed by atoms with Crippen molar-refractivity contribution in [3.05, 3.63) is 35.9 Å². The maximum absolute atomic E-state index is 13.3. The van der Waals surface area contributed by atoms with Crippen LogP contribution in [0.15, 0.2) is 30.3 Å². The molecule has 7 nitrogen and oxygen atoms in total. The molecule has 2 amide bonds. The van der Waals surface area contributed by atoms with Crippen LogP contribution in [0.4, 0.5) is 9.59 Å². The first-order chi connectivity index (χ1) is 19.4. The highest BCUT2D eigenvalue weighted by Gasteiger charge is 2.51. The summed E-state index contributed by atoms with van der Waals surface area (Å²) >= 11 is 0. The van der Waals surface area contributed by atoms with Crippen molar-refractivity contribution in [2.75, 3.05) is 39.3 Å². The molecule has 3 aliphatic heterocycles. The van der Waals surface area contributed by atoms with E-state index in [1.165, 1.54) is 44.9 Å². The number of carbonyl (C=O) groups excluding carboxylic acids is 2. The van der Waals surface area contributed by atoms with Crippen LogP contribution in [-0.2, 0) is 16.1 Å². The van der Waals surface area contributed by atoms with Crippen LogP contribution in [-0.4, -0.2) is 77.3 Å². The van der Waals surface area contributed by atoms with Gasteiger partial charge < -0.3 is 19.3 Å². The molecule has 3 saturated heterocycles. The molecule has 1 atom stereocenters. The van der Waals surface area contributed by atoms with E-state index < -0.39 is 0 Å². The number of amides is 2. The van der Waals surface area contributed by atoms with Crippen molar-refractivity contribution >= 4 is 12.2 Å². The number of likely N-dealkylation sites (tertiary alicyclic amines) is 2. The van der Waals surface area contributed by atoms with E-state index in [2.05, 4.69) is 23.6 Å². The van der Waals surface area contributed by atoms with E-state index in [-0.39, 0.29) is 23.3 Å². The van der Waals surface area contributed by atoms with Crippen LogP contribution >= 0.6 is 0 Å². The number of rotatable bonds is 8. The maximum atomic E-state index is 13.3. The van der Waals surface area contributed by atoms with Gasteiger partial charge in [-0.2, -0.15) is 0 Å². The van der Waals surface area contributed by atoms with Crippen molar-refractivity contribution in [3.63, 3.8) is 0 Å². The second kappa shape index (κ2) is 13.1. The molecule has 3 heterocycles. The van der Waals surface area contributed by atoms with Crippen LogP contribution < -0.4 is 0 Å². The van der Waals surface area contributed by atoms with Crippen LogP contribution in [0, 0.1) is 11.8 Å². The highest BCUT2D eigenvalue weighted by atomic mass is 16.6. The Hall–Kier alpha value is -2.28. The third kappa shape index (κ3) is 6.78. The topological polar surface area (TPSA) is 62.3 Å². The molecule has 1 spiro atoms. The smallest absolute Gasteiger partial charge is 0.410 e. The first-order valence-electron chi connectivity index (χ1n) is 16.1. The Kier molecular flexibility index (Phi) is 9.60. The van der Waals surface area contributed by atoms with Gasteiger partial charge in [0.1, 0.15) is 12.2 Å². The van der Waals surface area contributed by atoms with E-state index in [0.29, 0.717) is 18.4 Å². The summed E-state index contributed by atoms with van der Waals surface area (Å²) in [6.45, 7) is 10.0. The van der Waals surface area contributed by atoms with Crippen molar-refractivity contribution in [1.82, 2.24) is 14.7 Å². The minimum Gasteiger partial charge on any atom is -0.445 e. The number of benzene rings is 1. The van der Waals surface area contributed by atoms with E-state index in [1.807, 2.05) is 35.2 Å². The quantitative estimate of drug-likeness (QED) is 0.352. The van der Waals surface area contributed by atoms with Gasteiger partial charge in [0.2, 0.25) is 0 Å². The largest absolute Gasteiger partial charge is 0.445 e. The summed E-state index contributed by atoms with van der Waals surface area (Å²) in [7, 11) is 0. The lowest BCUT2D eigenvalue weighted by Crippen LogP contribution is -2.63. The Morgan fingerprint density at radius 3 is 2.38 bits per heavy atom. The van der Waals surface area contributed by atoms with Crippen molar-refractivity contribution in [1.29, 1.82) is 0 Å². The van der Waals surface area contributed by atoms with Gasteiger partial charge in [-0.1, -0.05) is 69.4 Å². The zero-order valence-electron chi connectivity index (χ0n) is 25.0. The van der Waals surface area contributed by atoms with Gasteiger partial charge in [0.05, 0.1) is 0 Å². The first-order valence-corrected chi connectivity index (χ1v) is 16.1. The van der Waals surface area contributed by atoms with Crippen LogP contribution in [0.1, 0.15) is 96.5 Å². The molecule has 4 fully saturated rings. The third-order valence-electron chi connectivity index (χ3n) is 10.5. The normalized spacial score (nSPS) is 25.6. The Balaban J connectivity index is 1.14. The average Bonchev–Trinajstić information content (AvgIpc) is 2.98. The molecule has 5 rings (SSSR count). The predicted octanol–water partition coefficient (Wildman–Crippen LogP) is 6.85. The van der Waals surface area contributed by atoms with E-state index >= 15 is 0 Å². The Labute approximate surface area is 241 Å². The second-order valence-corrected chi connectivity index (χ2v) is 13.2. The molecule has 0 unspecified atom stereocenters. The third-order valence-corrected chi connectivity index (χ3v) is 10.5. The van der Waals surface area contributed by atoms with Crippen molar-refractivity contribution in [3.8, 4) is 0 Å². The molecule has 40 heavy (non-hydrogen) atoms. The molecule has 7 heteroatoms. The zero-order valence-corrected chi connectivity index (χ0v) is 25.0. The molecule has 0 N–H and O–H groups in total. The second-order valence-electron chi connectivity index (χ2n) is 13.2. The summed E-state index contributed by atoms with van der Waals surface area (Å²) in [6.07, 6.45) is 13.4. The lowest BCUT2D eigenvalue weighted by molar-refractivity contribution is -0.134.